The number of halogens is 1. The first-order chi connectivity index (χ1) is 13.0. The fourth-order valence-corrected chi connectivity index (χ4v) is 4.08. The quantitative estimate of drug-likeness (QED) is 0.460. The van der Waals surface area contributed by atoms with Gasteiger partial charge in [0, 0.05) is 6.04 Å². The molecule has 27 heavy (non-hydrogen) atoms. The molecular weight excluding hydrogens is 384 g/mol. The van der Waals surface area contributed by atoms with Crippen LogP contribution in [0.25, 0.3) is 6.08 Å². The molecule has 1 amide bonds. The van der Waals surface area contributed by atoms with E-state index in [1.54, 1.807) is 23.1 Å². The summed E-state index contributed by atoms with van der Waals surface area (Å²) in [6.07, 6.45) is 12.4. The van der Waals surface area contributed by atoms with Crippen molar-refractivity contribution in [2.24, 2.45) is 0 Å². The molecule has 1 aromatic rings. The van der Waals surface area contributed by atoms with Gasteiger partial charge in [-0.1, -0.05) is 36.8 Å². The van der Waals surface area contributed by atoms with Gasteiger partial charge in [-0.3, -0.25) is 9.69 Å². The highest BCUT2D eigenvalue weighted by Crippen LogP contribution is 2.37. The van der Waals surface area contributed by atoms with Gasteiger partial charge in [0.15, 0.2) is 16.6 Å². The van der Waals surface area contributed by atoms with Crippen LogP contribution in [0.5, 0.6) is 11.5 Å². The number of nitrogens with zero attached hydrogens (tertiary/aromatic N) is 1. The van der Waals surface area contributed by atoms with Gasteiger partial charge >= 0.3 is 0 Å². The number of amides is 1. The minimum Gasteiger partial charge on any atom is -0.493 e. The molecule has 0 spiro atoms. The molecule has 0 bridgehead atoms. The zero-order valence-electron chi connectivity index (χ0n) is 15.1. The molecule has 2 aliphatic rings. The van der Waals surface area contributed by atoms with Crippen LogP contribution in [0.3, 0.4) is 0 Å². The Kier molecular flexibility index (Phi) is 6.25. The third-order valence-electron chi connectivity index (χ3n) is 4.71. The Morgan fingerprint density at radius 2 is 2.15 bits per heavy atom. The summed E-state index contributed by atoms with van der Waals surface area (Å²) in [5.41, 5.74) is 1.13. The van der Waals surface area contributed by atoms with Crippen molar-refractivity contribution in [1.82, 2.24) is 10.2 Å². The van der Waals surface area contributed by atoms with Crippen molar-refractivity contribution < 1.29 is 14.3 Å². The van der Waals surface area contributed by atoms with E-state index < -0.39 is 0 Å². The van der Waals surface area contributed by atoms with Crippen molar-refractivity contribution in [3.05, 3.63) is 28.4 Å². The van der Waals surface area contributed by atoms with E-state index in [9.17, 15) is 4.79 Å². The van der Waals surface area contributed by atoms with E-state index in [1.165, 1.54) is 13.5 Å². The van der Waals surface area contributed by atoms with Gasteiger partial charge in [-0.25, -0.2) is 0 Å². The molecule has 142 valence electrons. The number of hydrogen-bond acceptors (Lipinski definition) is 4. The lowest BCUT2D eigenvalue weighted by molar-refractivity contribution is -0.124. The summed E-state index contributed by atoms with van der Waals surface area (Å²) in [6.45, 7) is 0.0845. The van der Waals surface area contributed by atoms with Crippen molar-refractivity contribution in [3.8, 4) is 23.8 Å². The Labute approximate surface area is 169 Å². The summed E-state index contributed by atoms with van der Waals surface area (Å²) in [4.78, 5) is 14.6. The molecule has 1 aliphatic carbocycles. The summed E-state index contributed by atoms with van der Waals surface area (Å²) in [5, 5.41) is 3.85. The van der Waals surface area contributed by atoms with Gasteiger partial charge < -0.3 is 14.8 Å². The van der Waals surface area contributed by atoms with Gasteiger partial charge in [0.1, 0.15) is 12.3 Å². The molecule has 0 atom stereocenters. The van der Waals surface area contributed by atoms with Crippen molar-refractivity contribution in [1.29, 1.82) is 0 Å². The Hall–Kier alpha value is -2.23. The van der Waals surface area contributed by atoms with Crippen LogP contribution in [-0.4, -0.2) is 35.7 Å². The van der Waals surface area contributed by atoms with E-state index in [0.717, 1.165) is 25.7 Å². The predicted octanol–water partition coefficient (Wildman–Crippen LogP) is 3.75. The molecule has 1 aliphatic heterocycles. The maximum Gasteiger partial charge on any atom is 0.276 e. The van der Waals surface area contributed by atoms with Gasteiger partial charge in [-0.05, 0) is 48.8 Å². The second-order valence-corrected chi connectivity index (χ2v) is 7.28. The molecule has 1 aromatic carbocycles. The highest BCUT2D eigenvalue weighted by Gasteiger charge is 2.36. The number of nitrogens with one attached hydrogen (secondary N) is 1. The normalized spacial score (nSPS) is 19.1. The molecule has 0 unspecified atom stereocenters. The number of carbonyl (C=O) groups is 1. The number of thiocarbonyl (C=S) groups is 1. The highest BCUT2D eigenvalue weighted by atomic mass is 35.5. The smallest absolute Gasteiger partial charge is 0.276 e. The summed E-state index contributed by atoms with van der Waals surface area (Å²) >= 11 is 11.7. The zero-order valence-corrected chi connectivity index (χ0v) is 16.7. The number of methoxy groups -OCH3 is 1. The van der Waals surface area contributed by atoms with Crippen LogP contribution in [-0.2, 0) is 4.79 Å². The second kappa shape index (κ2) is 8.64. The van der Waals surface area contributed by atoms with Gasteiger partial charge in [0.05, 0.1) is 12.1 Å². The van der Waals surface area contributed by atoms with Gasteiger partial charge in [-0.15, -0.1) is 6.42 Å². The van der Waals surface area contributed by atoms with Crippen molar-refractivity contribution >= 4 is 40.9 Å². The topological polar surface area (TPSA) is 50.8 Å². The molecule has 0 aromatic heterocycles. The Bertz CT molecular complexity index is 825. The average molecular weight is 405 g/mol. The number of benzene rings is 1. The van der Waals surface area contributed by atoms with Crippen LogP contribution in [0.4, 0.5) is 0 Å². The summed E-state index contributed by atoms with van der Waals surface area (Å²) in [7, 11) is 1.52. The lowest BCUT2D eigenvalue weighted by Gasteiger charge is -2.29. The van der Waals surface area contributed by atoms with E-state index >= 15 is 0 Å². The lowest BCUT2D eigenvalue weighted by atomic mass is 9.94. The van der Waals surface area contributed by atoms with Crippen molar-refractivity contribution in [2.75, 3.05) is 13.7 Å². The Balaban J connectivity index is 1.86. The van der Waals surface area contributed by atoms with E-state index in [0.29, 0.717) is 32.9 Å². The Morgan fingerprint density at radius 1 is 1.41 bits per heavy atom. The standard InChI is InChI=1S/C20H21ClN2O3S/c1-3-9-26-18-15(21)10-13(12-17(18)25-2)11-16-19(24)23(20(27)22-16)14-7-5-4-6-8-14/h1,10-12,14H,4-9H2,2H3,(H,22,27). The van der Waals surface area contributed by atoms with Crippen molar-refractivity contribution in [2.45, 2.75) is 38.1 Å². The monoisotopic (exact) mass is 404 g/mol. The van der Waals surface area contributed by atoms with E-state index in [4.69, 9.17) is 39.7 Å². The zero-order chi connectivity index (χ0) is 19.4. The van der Waals surface area contributed by atoms with Crippen molar-refractivity contribution in [3.63, 3.8) is 0 Å². The molecule has 3 rings (SSSR count). The van der Waals surface area contributed by atoms with Gasteiger partial charge in [0.25, 0.3) is 5.91 Å². The number of terminal acetylenes is 1. The third-order valence-corrected chi connectivity index (χ3v) is 5.29. The molecule has 1 heterocycles. The molecule has 1 saturated carbocycles. The fourth-order valence-electron chi connectivity index (χ4n) is 3.46. The molecule has 1 N–H and O–H groups in total. The first kappa shape index (κ1) is 19.5. The number of carbonyl (C=O) groups excluding carboxylic acids is 1. The first-order valence-electron chi connectivity index (χ1n) is 8.85. The number of hydrogen-bond donors (Lipinski definition) is 1. The average Bonchev–Trinajstić information content (AvgIpc) is 2.94. The number of ether oxygens (including phenoxy) is 2. The van der Waals surface area contributed by atoms with Gasteiger partial charge in [-0.2, -0.15) is 0 Å². The van der Waals surface area contributed by atoms with Crippen LogP contribution in [0.2, 0.25) is 5.02 Å². The minimum absolute atomic E-state index is 0.0845. The highest BCUT2D eigenvalue weighted by molar-refractivity contribution is 7.80. The fraction of sp³-hybridized carbons (Fsp3) is 0.400. The minimum atomic E-state index is -0.102. The second-order valence-electron chi connectivity index (χ2n) is 6.48. The summed E-state index contributed by atoms with van der Waals surface area (Å²) in [5.74, 6) is 3.11. The molecule has 0 radical (unpaired) electrons. The largest absolute Gasteiger partial charge is 0.493 e. The molecule has 2 fully saturated rings. The Morgan fingerprint density at radius 3 is 2.81 bits per heavy atom. The SMILES string of the molecule is C#CCOc1c(Cl)cc(C=C2NC(=S)N(C3CCCCC3)C2=O)cc1OC. The van der Waals surface area contributed by atoms with Crippen LogP contribution < -0.4 is 14.8 Å². The molecule has 5 nitrogen and oxygen atoms in total. The predicted molar refractivity (Wildman–Crippen MR) is 110 cm³/mol. The molecule has 7 heteroatoms. The van der Waals surface area contributed by atoms with Crippen LogP contribution in [0.15, 0.2) is 17.8 Å². The van der Waals surface area contributed by atoms with Gasteiger partial charge in [0.2, 0.25) is 0 Å². The first-order valence-corrected chi connectivity index (χ1v) is 9.63. The molecular formula is C20H21ClN2O3S. The van der Waals surface area contributed by atoms with E-state index in [1.807, 2.05) is 0 Å². The number of rotatable bonds is 5. The maximum absolute atomic E-state index is 12.9. The summed E-state index contributed by atoms with van der Waals surface area (Å²) in [6, 6.07) is 3.62. The lowest BCUT2D eigenvalue weighted by Crippen LogP contribution is -2.41. The van der Waals surface area contributed by atoms with Crippen LogP contribution in [0, 0.1) is 12.3 Å². The van der Waals surface area contributed by atoms with Crippen LogP contribution in [0.1, 0.15) is 37.7 Å². The summed E-state index contributed by atoms with van der Waals surface area (Å²) < 4.78 is 10.8. The third kappa shape index (κ3) is 4.20. The molecule has 1 saturated heterocycles. The van der Waals surface area contributed by atoms with E-state index in [-0.39, 0.29) is 18.6 Å². The maximum atomic E-state index is 12.9. The van der Waals surface area contributed by atoms with Crippen LogP contribution >= 0.6 is 23.8 Å². The van der Waals surface area contributed by atoms with E-state index in [2.05, 4.69) is 11.2 Å².